The third-order valence-electron chi connectivity index (χ3n) is 2.36. The molecule has 0 aliphatic carbocycles. The summed E-state index contributed by atoms with van der Waals surface area (Å²) in [5, 5.41) is 18.2. The number of hydrogen-bond acceptors (Lipinski definition) is 5. The van der Waals surface area contributed by atoms with E-state index in [1.165, 1.54) is 7.05 Å². The third kappa shape index (κ3) is 4.36. The van der Waals surface area contributed by atoms with Gasteiger partial charge in [-0.2, -0.15) is 0 Å². The quantitative estimate of drug-likeness (QED) is 0.436. The Bertz CT molecular complexity index is 354. The largest absolute Gasteiger partial charge is 0.495 e. The second kappa shape index (κ2) is 9.51. The summed E-state index contributed by atoms with van der Waals surface area (Å²) in [6.07, 6.45) is 0.584. The molecule has 1 aliphatic heterocycles. The fraction of sp³-hybridized carbons (Fsp3) is 0.455. The Morgan fingerprint density at radius 2 is 2.17 bits per heavy atom. The first-order valence-electron chi connectivity index (χ1n) is 5.56. The van der Waals surface area contributed by atoms with Crippen LogP contribution in [0.4, 0.5) is 0 Å². The number of fused-ring (bicyclic) bond motifs is 1. The van der Waals surface area contributed by atoms with Crippen molar-refractivity contribution in [3.8, 4) is 5.75 Å². The van der Waals surface area contributed by atoms with Gasteiger partial charge in [-0.15, -0.1) is 0 Å². The Hall–Kier alpha value is -0.413. The predicted octanol–water partition coefficient (Wildman–Crippen LogP) is -0.762. The van der Waals surface area contributed by atoms with Crippen molar-refractivity contribution in [2.24, 2.45) is 5.73 Å². The molecule has 4 N–H and O–H groups in total. The van der Waals surface area contributed by atoms with E-state index in [2.05, 4.69) is 5.73 Å². The molecule has 18 heavy (non-hydrogen) atoms. The molecule has 0 bridgehead atoms. The molecule has 2 rings (SSSR count). The van der Waals surface area contributed by atoms with E-state index in [1.807, 2.05) is 12.1 Å². The topological polar surface area (TPSA) is 84.9 Å². The average Bonchev–Trinajstić information content (AvgIpc) is 2.75. The van der Waals surface area contributed by atoms with Gasteiger partial charge in [0.2, 0.25) is 0 Å². The van der Waals surface area contributed by atoms with Crippen molar-refractivity contribution in [1.29, 1.82) is 0 Å². The van der Waals surface area contributed by atoms with Crippen LogP contribution in [0.5, 0.6) is 5.75 Å². The molecule has 5 nitrogen and oxygen atoms in total. The van der Waals surface area contributed by atoms with Crippen molar-refractivity contribution < 1.29 is 39.9 Å². The molecule has 101 valence electrons. The summed E-state index contributed by atoms with van der Waals surface area (Å²) in [4.78, 5) is 0. The molecule has 1 heterocycles. The van der Waals surface area contributed by atoms with Gasteiger partial charge in [-0.05, 0) is 18.7 Å². The van der Waals surface area contributed by atoms with Gasteiger partial charge in [0, 0.05) is 38.9 Å². The summed E-state index contributed by atoms with van der Waals surface area (Å²) in [7, 11) is 0.616. The Kier molecular flexibility index (Phi) is 9.29. The summed E-state index contributed by atoms with van der Waals surface area (Å²) in [6, 6.07) is 5.58. The minimum atomic E-state index is -0.884. The molecular formula is C11H18BNO4Re. The standard InChI is InChI=1S/C10H13BO4.CH5N.Re/c12-5-2-6-14-9-4-1-3-8-7-15-11(13)10(8)9;1-2;/h1,3-4,12-13H,2,5-7H2;2H2,1H3;. The molecule has 0 unspecified atom stereocenters. The molecular weight excluding hydrogens is 407 g/mol. The molecule has 0 aromatic heterocycles. The normalized spacial score (nSPS) is 12.1. The van der Waals surface area contributed by atoms with Crippen LogP contribution in [-0.4, -0.2) is 37.5 Å². The Morgan fingerprint density at radius 1 is 1.44 bits per heavy atom. The Morgan fingerprint density at radius 3 is 2.83 bits per heavy atom. The van der Waals surface area contributed by atoms with E-state index in [4.69, 9.17) is 14.5 Å². The van der Waals surface area contributed by atoms with Crippen LogP contribution in [0.15, 0.2) is 18.2 Å². The van der Waals surface area contributed by atoms with Crippen LogP contribution in [0.1, 0.15) is 12.0 Å². The molecule has 1 aromatic carbocycles. The zero-order valence-corrected chi connectivity index (χ0v) is 13.0. The van der Waals surface area contributed by atoms with Crippen LogP contribution in [0, 0.1) is 0 Å². The number of ether oxygens (including phenoxy) is 1. The van der Waals surface area contributed by atoms with Crippen molar-refractivity contribution in [2.75, 3.05) is 20.3 Å². The van der Waals surface area contributed by atoms with Gasteiger partial charge in [0.15, 0.2) is 0 Å². The third-order valence-corrected chi connectivity index (χ3v) is 2.36. The molecule has 1 radical (unpaired) electrons. The van der Waals surface area contributed by atoms with Gasteiger partial charge >= 0.3 is 7.12 Å². The number of benzene rings is 1. The fourth-order valence-electron chi connectivity index (χ4n) is 1.62. The monoisotopic (exact) mass is 426 g/mol. The summed E-state index contributed by atoms with van der Waals surface area (Å²) in [5.74, 6) is 0.644. The van der Waals surface area contributed by atoms with Crippen molar-refractivity contribution in [2.45, 2.75) is 13.0 Å². The SMILES string of the molecule is CN.OCCCOc1cccc2c1B(O)OC2.[Re]. The van der Waals surface area contributed by atoms with Crippen LogP contribution in [0.25, 0.3) is 0 Å². The van der Waals surface area contributed by atoms with Crippen molar-refractivity contribution >= 4 is 12.6 Å². The number of hydrogen-bond donors (Lipinski definition) is 3. The molecule has 0 saturated carbocycles. The maximum absolute atomic E-state index is 9.57. The van der Waals surface area contributed by atoms with Gasteiger partial charge in [0.25, 0.3) is 0 Å². The second-order valence-electron chi connectivity index (χ2n) is 3.42. The second-order valence-corrected chi connectivity index (χ2v) is 3.42. The van der Waals surface area contributed by atoms with E-state index in [0.29, 0.717) is 25.4 Å². The minimum absolute atomic E-state index is 0. The Labute approximate surface area is 121 Å². The maximum atomic E-state index is 9.57. The van der Waals surface area contributed by atoms with Crippen LogP contribution < -0.4 is 15.9 Å². The summed E-state index contributed by atoms with van der Waals surface area (Å²) < 4.78 is 10.6. The van der Waals surface area contributed by atoms with Gasteiger partial charge in [-0.1, -0.05) is 12.1 Å². The fourth-order valence-corrected chi connectivity index (χ4v) is 1.62. The average molecular weight is 425 g/mol. The number of aliphatic hydroxyl groups is 1. The van der Waals surface area contributed by atoms with E-state index in [0.717, 1.165) is 11.0 Å². The van der Waals surface area contributed by atoms with Crippen molar-refractivity contribution in [3.63, 3.8) is 0 Å². The van der Waals surface area contributed by atoms with Gasteiger partial charge in [0.05, 0.1) is 13.2 Å². The summed E-state index contributed by atoms with van der Waals surface area (Å²) >= 11 is 0. The van der Waals surface area contributed by atoms with E-state index in [-0.39, 0.29) is 27.0 Å². The predicted molar refractivity (Wildman–Crippen MR) is 66.1 cm³/mol. The molecule has 1 aliphatic rings. The summed E-state index contributed by atoms with van der Waals surface area (Å²) in [5.41, 5.74) is 6.18. The first kappa shape index (κ1) is 17.6. The molecule has 0 atom stereocenters. The molecule has 7 heteroatoms. The van der Waals surface area contributed by atoms with Gasteiger partial charge in [-0.3, -0.25) is 0 Å². The van der Waals surface area contributed by atoms with Crippen molar-refractivity contribution in [1.82, 2.24) is 0 Å². The smallest absolute Gasteiger partial charge is 0.494 e. The molecule has 0 spiro atoms. The van der Waals surface area contributed by atoms with Gasteiger partial charge < -0.3 is 25.3 Å². The van der Waals surface area contributed by atoms with Crippen LogP contribution >= 0.6 is 0 Å². The van der Waals surface area contributed by atoms with E-state index in [1.54, 1.807) is 6.07 Å². The molecule has 0 amide bonds. The molecule has 1 aromatic rings. The number of aliphatic hydroxyl groups excluding tert-OH is 1. The number of rotatable bonds is 4. The van der Waals surface area contributed by atoms with Crippen LogP contribution in [0.2, 0.25) is 0 Å². The van der Waals surface area contributed by atoms with Crippen LogP contribution in [-0.2, 0) is 31.7 Å². The summed E-state index contributed by atoms with van der Waals surface area (Å²) in [6.45, 7) is 0.974. The molecule has 0 saturated heterocycles. The van der Waals surface area contributed by atoms with Gasteiger partial charge in [0.1, 0.15) is 5.75 Å². The maximum Gasteiger partial charge on any atom is 0.495 e. The number of nitrogens with two attached hydrogens (primary N) is 1. The van der Waals surface area contributed by atoms with E-state index in [9.17, 15) is 5.02 Å². The minimum Gasteiger partial charge on any atom is -0.494 e. The first-order valence-corrected chi connectivity index (χ1v) is 5.56. The van der Waals surface area contributed by atoms with Gasteiger partial charge in [-0.25, -0.2) is 0 Å². The van der Waals surface area contributed by atoms with Crippen LogP contribution in [0.3, 0.4) is 0 Å². The van der Waals surface area contributed by atoms with E-state index < -0.39 is 7.12 Å². The van der Waals surface area contributed by atoms with Crippen molar-refractivity contribution in [3.05, 3.63) is 23.8 Å². The zero-order chi connectivity index (χ0) is 12.7. The zero-order valence-electron chi connectivity index (χ0n) is 10.3. The Balaban J connectivity index is 0.000000917. The first-order chi connectivity index (χ1) is 8.33. The van der Waals surface area contributed by atoms with E-state index >= 15 is 0 Å². The molecule has 0 fully saturated rings.